The Hall–Kier alpha value is -1.06. The first kappa shape index (κ1) is 4.94. The smallest absolute Gasteiger partial charge is 0.232 e. The first-order chi connectivity index (χ1) is 2.77. The number of hydrogen-bond acceptors (Lipinski definition) is 2. The van der Waals surface area contributed by atoms with E-state index in [1.807, 2.05) is 0 Å². The van der Waals surface area contributed by atoms with Gasteiger partial charge in [0.05, 0.1) is 0 Å². The summed E-state index contributed by atoms with van der Waals surface area (Å²) in [6.45, 7) is 2.96. The van der Waals surface area contributed by atoms with Gasteiger partial charge in [0.25, 0.3) is 0 Å². The van der Waals surface area contributed by atoms with E-state index >= 15 is 0 Å². The van der Waals surface area contributed by atoms with Crippen molar-refractivity contribution in [3.05, 3.63) is 0 Å². The van der Waals surface area contributed by atoms with Crippen LogP contribution < -0.4 is 11.5 Å². The molecule has 0 spiro atoms. The third-order valence-corrected chi connectivity index (χ3v) is 0.178. The van der Waals surface area contributed by atoms with Crippen molar-refractivity contribution in [1.29, 1.82) is 0 Å². The Morgan fingerprint density at radius 3 is 2.33 bits per heavy atom. The van der Waals surface area contributed by atoms with E-state index in [4.69, 9.17) is 5.73 Å². The van der Waals surface area contributed by atoms with Crippen LogP contribution in [0.3, 0.4) is 0 Å². The molecule has 0 bridgehead atoms. The van der Waals surface area contributed by atoms with Crippen molar-refractivity contribution in [3.63, 3.8) is 0 Å². The van der Waals surface area contributed by atoms with E-state index in [0.717, 1.165) is 0 Å². The SMILES string of the molecule is C=NN=C([NH])N. The summed E-state index contributed by atoms with van der Waals surface area (Å²) in [4.78, 5) is 0. The van der Waals surface area contributed by atoms with Crippen molar-refractivity contribution >= 4 is 12.7 Å². The van der Waals surface area contributed by atoms with Gasteiger partial charge in [0.1, 0.15) is 0 Å². The number of hydrogen-bond donors (Lipinski definition) is 1. The van der Waals surface area contributed by atoms with Crippen molar-refractivity contribution in [1.82, 2.24) is 5.73 Å². The monoisotopic (exact) mass is 85.1 g/mol. The predicted octanol–water partition coefficient (Wildman–Crippen LogP) is -0.800. The Bertz CT molecular complexity index is 69.6. The molecule has 0 rings (SSSR count). The largest absolute Gasteiger partial charge is 0.367 e. The van der Waals surface area contributed by atoms with E-state index in [0.29, 0.717) is 0 Å². The van der Waals surface area contributed by atoms with Crippen molar-refractivity contribution in [3.8, 4) is 0 Å². The second kappa shape index (κ2) is 2.19. The minimum Gasteiger partial charge on any atom is -0.367 e. The van der Waals surface area contributed by atoms with Gasteiger partial charge in [0.15, 0.2) is 0 Å². The van der Waals surface area contributed by atoms with Gasteiger partial charge in [-0.05, 0) is 0 Å². The number of rotatable bonds is 1. The summed E-state index contributed by atoms with van der Waals surface area (Å²) < 4.78 is 0. The molecule has 4 nitrogen and oxygen atoms in total. The summed E-state index contributed by atoms with van der Waals surface area (Å²) in [7, 11) is 0. The van der Waals surface area contributed by atoms with E-state index in [2.05, 4.69) is 22.7 Å². The third-order valence-electron chi connectivity index (χ3n) is 0.178. The summed E-state index contributed by atoms with van der Waals surface area (Å²) in [6.07, 6.45) is 0. The molecule has 3 N–H and O–H groups in total. The van der Waals surface area contributed by atoms with E-state index in [9.17, 15) is 0 Å². The zero-order valence-corrected chi connectivity index (χ0v) is 3.18. The van der Waals surface area contributed by atoms with E-state index < -0.39 is 0 Å². The second-order valence-electron chi connectivity index (χ2n) is 0.627. The van der Waals surface area contributed by atoms with Crippen molar-refractivity contribution in [2.75, 3.05) is 0 Å². The van der Waals surface area contributed by atoms with Gasteiger partial charge in [-0.1, -0.05) is 0 Å². The fraction of sp³-hybridized carbons (Fsp3) is 0. The lowest BCUT2D eigenvalue weighted by atomic mass is 11.1. The first-order valence-electron chi connectivity index (χ1n) is 1.28. The van der Waals surface area contributed by atoms with Crippen LogP contribution in [0.25, 0.3) is 0 Å². The molecule has 0 aliphatic rings. The molecule has 0 unspecified atom stereocenters. The van der Waals surface area contributed by atoms with Crippen LogP contribution in [-0.2, 0) is 0 Å². The topological polar surface area (TPSA) is 74.5 Å². The summed E-state index contributed by atoms with van der Waals surface area (Å²) in [5, 5.41) is 5.96. The predicted molar refractivity (Wildman–Crippen MR) is 24.3 cm³/mol. The molecule has 0 amide bonds. The normalized spacial score (nSPS) is 11.0. The molecule has 0 aliphatic carbocycles. The van der Waals surface area contributed by atoms with E-state index in [1.165, 1.54) is 0 Å². The lowest BCUT2D eigenvalue weighted by Crippen LogP contribution is -2.10. The Morgan fingerprint density at radius 2 is 2.33 bits per heavy atom. The quantitative estimate of drug-likeness (QED) is 0.252. The molecule has 0 saturated heterocycles. The average molecular weight is 85.1 g/mol. The molecule has 0 aromatic carbocycles. The maximum Gasteiger partial charge on any atom is 0.232 e. The first-order valence-corrected chi connectivity index (χ1v) is 1.28. The van der Waals surface area contributed by atoms with Gasteiger partial charge in [0.2, 0.25) is 5.96 Å². The van der Waals surface area contributed by atoms with Crippen LogP contribution in [0.1, 0.15) is 0 Å². The number of guanidine groups is 1. The highest BCUT2D eigenvalue weighted by atomic mass is 15.2. The number of nitrogens with zero attached hydrogens (tertiary/aromatic N) is 2. The molecule has 0 heterocycles. The van der Waals surface area contributed by atoms with Crippen molar-refractivity contribution in [2.24, 2.45) is 15.9 Å². The van der Waals surface area contributed by atoms with Gasteiger partial charge in [-0.3, -0.25) is 5.73 Å². The van der Waals surface area contributed by atoms with Gasteiger partial charge in [-0.15, -0.1) is 5.10 Å². The number of nitrogens with two attached hydrogens (primary N) is 1. The van der Waals surface area contributed by atoms with Crippen LogP contribution in [0.5, 0.6) is 0 Å². The van der Waals surface area contributed by atoms with Crippen molar-refractivity contribution in [2.45, 2.75) is 0 Å². The van der Waals surface area contributed by atoms with Gasteiger partial charge in [-0.2, -0.15) is 5.10 Å². The third kappa shape index (κ3) is 2.94. The van der Waals surface area contributed by atoms with Gasteiger partial charge in [-0.25, -0.2) is 0 Å². The Kier molecular flexibility index (Phi) is 1.81. The van der Waals surface area contributed by atoms with Gasteiger partial charge >= 0.3 is 0 Å². The molecule has 0 atom stereocenters. The molecule has 0 aromatic rings. The fourth-order valence-corrected chi connectivity index (χ4v) is 0.0762. The lowest BCUT2D eigenvalue weighted by Gasteiger charge is -1.75. The maximum atomic E-state index is 6.37. The zero-order valence-electron chi connectivity index (χ0n) is 3.18. The van der Waals surface area contributed by atoms with Crippen LogP contribution in [0.4, 0.5) is 0 Å². The molecular formula is C2H5N4. The molecule has 33 valence electrons. The standard InChI is InChI=1S/C2H5N4/c1-5-6-2(3)4/h3H,1H2,(H2,4,6). The molecule has 1 radical (unpaired) electrons. The molecule has 0 fully saturated rings. The van der Waals surface area contributed by atoms with Gasteiger partial charge < -0.3 is 5.73 Å². The second-order valence-corrected chi connectivity index (χ2v) is 0.627. The summed E-state index contributed by atoms with van der Waals surface area (Å²) >= 11 is 0. The minimum atomic E-state index is -0.315. The molecular weight excluding hydrogens is 80.1 g/mol. The Balaban J connectivity index is 3.41. The van der Waals surface area contributed by atoms with Crippen LogP contribution in [0, 0.1) is 0 Å². The highest BCUT2D eigenvalue weighted by molar-refractivity contribution is 5.74. The lowest BCUT2D eigenvalue weighted by molar-refractivity contribution is 1.22. The summed E-state index contributed by atoms with van der Waals surface area (Å²) in [6, 6.07) is 0. The molecule has 6 heavy (non-hydrogen) atoms. The minimum absolute atomic E-state index is 0.315. The zero-order chi connectivity index (χ0) is 4.99. The van der Waals surface area contributed by atoms with Crippen LogP contribution in [0.2, 0.25) is 0 Å². The van der Waals surface area contributed by atoms with Crippen LogP contribution in [-0.4, -0.2) is 12.7 Å². The van der Waals surface area contributed by atoms with E-state index in [-0.39, 0.29) is 5.96 Å². The fourth-order valence-electron chi connectivity index (χ4n) is 0.0762. The summed E-state index contributed by atoms with van der Waals surface area (Å²) in [5.41, 5.74) is 11.1. The molecule has 4 heteroatoms. The number of nitrogens with one attached hydrogen (secondary N) is 1. The molecule has 0 saturated carbocycles. The molecule has 0 aliphatic heterocycles. The van der Waals surface area contributed by atoms with Gasteiger partial charge in [0, 0.05) is 6.72 Å². The average Bonchev–Trinajstić information content (AvgIpc) is 1.35. The molecule has 0 aromatic heterocycles. The maximum absolute atomic E-state index is 6.37. The highest BCUT2D eigenvalue weighted by Crippen LogP contribution is 1.58. The Morgan fingerprint density at radius 1 is 1.83 bits per heavy atom. The highest BCUT2D eigenvalue weighted by Gasteiger charge is 1.68. The van der Waals surface area contributed by atoms with Crippen molar-refractivity contribution < 1.29 is 0 Å². The Labute approximate surface area is 35.5 Å². The summed E-state index contributed by atoms with van der Waals surface area (Å²) in [5.74, 6) is -0.315. The van der Waals surface area contributed by atoms with Crippen LogP contribution >= 0.6 is 0 Å². The van der Waals surface area contributed by atoms with E-state index in [1.54, 1.807) is 0 Å². The van der Waals surface area contributed by atoms with Crippen LogP contribution in [0.15, 0.2) is 10.2 Å².